The molecule has 2 atom stereocenters. The number of rotatable bonds is 6. The van der Waals surface area contributed by atoms with Crippen molar-refractivity contribution in [3.05, 3.63) is 0 Å². The van der Waals surface area contributed by atoms with Crippen LogP contribution in [0.4, 0.5) is 0 Å². The Kier molecular flexibility index (Phi) is 5.40. The number of methoxy groups -OCH3 is 1. The predicted molar refractivity (Wildman–Crippen MR) is 67.1 cm³/mol. The number of hydrogen-bond donors (Lipinski definition) is 1. The smallest absolute Gasteiger partial charge is 0.310 e. The first-order valence-corrected chi connectivity index (χ1v) is 6.56. The lowest BCUT2D eigenvalue weighted by molar-refractivity contribution is -0.154. The molecule has 0 aromatic carbocycles. The number of ether oxygens (including phenoxy) is 1. The van der Waals surface area contributed by atoms with Crippen LogP contribution in [0.3, 0.4) is 0 Å². The maximum Gasteiger partial charge on any atom is 0.310 e. The second-order valence-corrected chi connectivity index (χ2v) is 5.03. The van der Waals surface area contributed by atoms with Crippen LogP contribution in [0, 0.1) is 5.41 Å². The molecule has 0 aliphatic carbocycles. The Labute approximate surface area is 104 Å². The van der Waals surface area contributed by atoms with Crippen molar-refractivity contribution in [1.29, 1.82) is 0 Å². The van der Waals surface area contributed by atoms with E-state index in [1.807, 2.05) is 6.92 Å². The van der Waals surface area contributed by atoms with Gasteiger partial charge in [-0.25, -0.2) is 0 Å². The summed E-state index contributed by atoms with van der Waals surface area (Å²) >= 11 is 0. The lowest BCUT2D eigenvalue weighted by atomic mass is 9.77. The highest BCUT2D eigenvalue weighted by atomic mass is 16.5. The Bertz CT molecular complexity index is 257. The van der Waals surface area contributed by atoms with E-state index in [0.29, 0.717) is 25.6 Å². The fourth-order valence-electron chi connectivity index (χ4n) is 2.77. The van der Waals surface area contributed by atoms with Crippen molar-refractivity contribution in [3.8, 4) is 0 Å². The fourth-order valence-corrected chi connectivity index (χ4v) is 2.77. The quantitative estimate of drug-likeness (QED) is 0.775. The molecule has 4 nitrogen and oxygen atoms in total. The van der Waals surface area contributed by atoms with Crippen LogP contribution in [0.15, 0.2) is 0 Å². The Morgan fingerprint density at radius 2 is 2.24 bits per heavy atom. The van der Waals surface area contributed by atoms with Gasteiger partial charge in [-0.05, 0) is 32.2 Å². The summed E-state index contributed by atoms with van der Waals surface area (Å²) in [6, 6.07) is 0.352. The monoisotopic (exact) mass is 243 g/mol. The molecule has 0 saturated carbocycles. The average molecular weight is 243 g/mol. The molecule has 1 aliphatic rings. The minimum absolute atomic E-state index is 0.352. The van der Waals surface area contributed by atoms with Gasteiger partial charge in [0.2, 0.25) is 0 Å². The first kappa shape index (κ1) is 14.5. The van der Waals surface area contributed by atoms with Gasteiger partial charge in [-0.3, -0.25) is 9.69 Å². The SMILES string of the molecule is CCC(COC)N1CCCC(CC)(C(=O)O)C1. The van der Waals surface area contributed by atoms with Crippen LogP contribution in [0.1, 0.15) is 39.5 Å². The molecule has 0 bridgehead atoms. The minimum atomic E-state index is -0.642. The van der Waals surface area contributed by atoms with E-state index in [-0.39, 0.29) is 0 Å². The second-order valence-electron chi connectivity index (χ2n) is 5.03. The Hall–Kier alpha value is -0.610. The van der Waals surface area contributed by atoms with Crippen molar-refractivity contribution >= 4 is 5.97 Å². The highest BCUT2D eigenvalue weighted by Gasteiger charge is 2.42. The van der Waals surface area contributed by atoms with Gasteiger partial charge in [-0.15, -0.1) is 0 Å². The zero-order chi connectivity index (χ0) is 12.9. The van der Waals surface area contributed by atoms with Gasteiger partial charge in [0.05, 0.1) is 12.0 Å². The number of carbonyl (C=O) groups is 1. The summed E-state index contributed by atoms with van der Waals surface area (Å²) in [5, 5.41) is 9.43. The third-order valence-electron chi connectivity index (χ3n) is 4.08. The highest BCUT2D eigenvalue weighted by molar-refractivity contribution is 5.75. The summed E-state index contributed by atoms with van der Waals surface area (Å²) in [7, 11) is 1.71. The molecule has 1 N–H and O–H groups in total. The van der Waals surface area contributed by atoms with E-state index < -0.39 is 11.4 Å². The molecule has 0 aromatic rings. The zero-order valence-electron chi connectivity index (χ0n) is 11.2. The van der Waals surface area contributed by atoms with Gasteiger partial charge in [0, 0.05) is 19.7 Å². The minimum Gasteiger partial charge on any atom is -0.481 e. The number of nitrogens with zero attached hydrogens (tertiary/aromatic N) is 1. The van der Waals surface area contributed by atoms with Crippen LogP contribution in [0.25, 0.3) is 0 Å². The van der Waals surface area contributed by atoms with Crippen molar-refractivity contribution in [2.75, 3.05) is 26.8 Å². The van der Waals surface area contributed by atoms with Crippen LogP contribution in [0.2, 0.25) is 0 Å². The lowest BCUT2D eigenvalue weighted by Gasteiger charge is -2.42. The molecule has 1 heterocycles. The molecule has 100 valence electrons. The van der Waals surface area contributed by atoms with Crippen molar-refractivity contribution < 1.29 is 14.6 Å². The van der Waals surface area contributed by atoms with Crippen LogP contribution in [0.5, 0.6) is 0 Å². The van der Waals surface area contributed by atoms with Gasteiger partial charge in [-0.2, -0.15) is 0 Å². The van der Waals surface area contributed by atoms with E-state index in [4.69, 9.17) is 4.74 Å². The fraction of sp³-hybridized carbons (Fsp3) is 0.923. The molecule has 0 spiro atoms. The number of carboxylic acid groups (broad SMARTS) is 1. The maximum atomic E-state index is 11.5. The van der Waals surface area contributed by atoms with E-state index in [1.165, 1.54) is 0 Å². The van der Waals surface area contributed by atoms with Crippen molar-refractivity contribution in [2.24, 2.45) is 5.41 Å². The number of piperidine rings is 1. The molecular formula is C13H25NO3. The molecule has 17 heavy (non-hydrogen) atoms. The normalized spacial score (nSPS) is 27.9. The molecule has 0 amide bonds. The number of aliphatic carboxylic acids is 1. The molecule has 4 heteroatoms. The van der Waals surface area contributed by atoms with E-state index >= 15 is 0 Å². The number of carboxylic acids is 1. The number of hydrogen-bond acceptors (Lipinski definition) is 3. The van der Waals surface area contributed by atoms with Crippen molar-refractivity contribution in [3.63, 3.8) is 0 Å². The van der Waals surface area contributed by atoms with Crippen molar-refractivity contribution in [1.82, 2.24) is 4.90 Å². The topological polar surface area (TPSA) is 49.8 Å². The Morgan fingerprint density at radius 3 is 2.71 bits per heavy atom. The van der Waals surface area contributed by atoms with Crippen LogP contribution >= 0.6 is 0 Å². The largest absolute Gasteiger partial charge is 0.481 e. The van der Waals surface area contributed by atoms with Gasteiger partial charge in [0.15, 0.2) is 0 Å². The number of likely N-dealkylation sites (tertiary alicyclic amines) is 1. The van der Waals surface area contributed by atoms with Crippen LogP contribution in [-0.2, 0) is 9.53 Å². The summed E-state index contributed by atoms with van der Waals surface area (Å²) in [6.07, 6.45) is 3.49. The zero-order valence-corrected chi connectivity index (χ0v) is 11.2. The maximum absolute atomic E-state index is 11.5. The Morgan fingerprint density at radius 1 is 1.53 bits per heavy atom. The molecule has 2 unspecified atom stereocenters. The van der Waals surface area contributed by atoms with Gasteiger partial charge in [0.1, 0.15) is 0 Å². The van der Waals surface area contributed by atoms with Gasteiger partial charge < -0.3 is 9.84 Å². The molecule has 0 radical (unpaired) electrons. The Balaban J connectivity index is 2.73. The average Bonchev–Trinajstić information content (AvgIpc) is 2.35. The highest BCUT2D eigenvalue weighted by Crippen LogP contribution is 2.34. The molecular weight excluding hydrogens is 218 g/mol. The van der Waals surface area contributed by atoms with Gasteiger partial charge in [0.25, 0.3) is 0 Å². The predicted octanol–water partition coefficient (Wildman–Crippen LogP) is 1.99. The molecule has 1 rings (SSSR count). The molecule has 1 aliphatic heterocycles. The van der Waals surface area contributed by atoms with E-state index in [0.717, 1.165) is 25.8 Å². The van der Waals surface area contributed by atoms with Crippen LogP contribution in [-0.4, -0.2) is 48.8 Å². The summed E-state index contributed by atoms with van der Waals surface area (Å²) in [4.78, 5) is 13.8. The molecule has 1 fully saturated rings. The van der Waals surface area contributed by atoms with Gasteiger partial charge >= 0.3 is 5.97 Å². The summed E-state index contributed by atoms with van der Waals surface area (Å²) in [6.45, 7) is 6.47. The van der Waals surface area contributed by atoms with Crippen LogP contribution < -0.4 is 0 Å². The summed E-state index contributed by atoms with van der Waals surface area (Å²) in [5.41, 5.74) is -0.542. The summed E-state index contributed by atoms with van der Waals surface area (Å²) < 4.78 is 5.22. The second kappa shape index (κ2) is 6.36. The molecule has 0 aromatic heterocycles. The lowest BCUT2D eigenvalue weighted by Crippen LogP contribution is -2.52. The van der Waals surface area contributed by atoms with E-state index in [9.17, 15) is 9.90 Å². The first-order valence-electron chi connectivity index (χ1n) is 6.56. The van der Waals surface area contributed by atoms with Gasteiger partial charge in [-0.1, -0.05) is 13.8 Å². The first-order chi connectivity index (χ1) is 8.09. The third kappa shape index (κ3) is 3.19. The molecule has 1 saturated heterocycles. The summed E-state index contributed by atoms with van der Waals surface area (Å²) in [5.74, 6) is -0.642. The van der Waals surface area contributed by atoms with E-state index in [1.54, 1.807) is 7.11 Å². The third-order valence-corrected chi connectivity index (χ3v) is 4.08. The van der Waals surface area contributed by atoms with E-state index in [2.05, 4.69) is 11.8 Å². The standard InChI is InChI=1S/C13H25NO3/c1-4-11(9-17-3)14-8-6-7-13(5-2,10-14)12(15)16/h11H,4-10H2,1-3H3,(H,15,16). The van der Waals surface area contributed by atoms with Crippen molar-refractivity contribution in [2.45, 2.75) is 45.6 Å².